The van der Waals surface area contributed by atoms with Gasteiger partial charge >= 0.3 is 0 Å². The van der Waals surface area contributed by atoms with Gasteiger partial charge in [-0.1, -0.05) is 48.6 Å². The number of ether oxygens (including phenoxy) is 3. The Morgan fingerprint density at radius 2 is 1.87 bits per heavy atom. The summed E-state index contributed by atoms with van der Waals surface area (Å²) in [5, 5.41) is 2.52. The first-order valence-electron chi connectivity index (χ1n) is 8.17. The van der Waals surface area contributed by atoms with E-state index in [2.05, 4.69) is 54.6 Å². The van der Waals surface area contributed by atoms with Gasteiger partial charge < -0.3 is 14.2 Å². The molecule has 3 rings (SSSR count). The van der Waals surface area contributed by atoms with Crippen molar-refractivity contribution in [2.75, 3.05) is 26.9 Å². The Kier molecular flexibility index (Phi) is 5.44. The zero-order valence-corrected chi connectivity index (χ0v) is 13.7. The zero-order valence-electron chi connectivity index (χ0n) is 13.7. The van der Waals surface area contributed by atoms with E-state index >= 15 is 0 Å². The van der Waals surface area contributed by atoms with Gasteiger partial charge in [-0.05, 0) is 22.4 Å². The van der Waals surface area contributed by atoms with Gasteiger partial charge in [0.05, 0.1) is 18.8 Å². The Hall–Kier alpha value is -1.68. The van der Waals surface area contributed by atoms with Crippen LogP contribution in [0.4, 0.5) is 0 Å². The first-order valence-corrected chi connectivity index (χ1v) is 8.17. The molecule has 3 heteroatoms. The molecule has 23 heavy (non-hydrogen) atoms. The van der Waals surface area contributed by atoms with E-state index in [9.17, 15) is 0 Å². The number of rotatable bonds is 6. The molecule has 1 aliphatic heterocycles. The van der Waals surface area contributed by atoms with Crippen LogP contribution in [-0.2, 0) is 20.8 Å². The molecule has 0 radical (unpaired) electrons. The molecule has 0 unspecified atom stereocenters. The molecule has 0 saturated carbocycles. The zero-order chi connectivity index (χ0) is 16.0. The highest BCUT2D eigenvalue weighted by atomic mass is 16.5. The van der Waals surface area contributed by atoms with Gasteiger partial charge in [-0.3, -0.25) is 0 Å². The van der Waals surface area contributed by atoms with E-state index in [-0.39, 0.29) is 5.60 Å². The van der Waals surface area contributed by atoms with Gasteiger partial charge in [-0.15, -0.1) is 0 Å². The predicted molar refractivity (Wildman–Crippen MR) is 92.5 cm³/mol. The van der Waals surface area contributed by atoms with Crippen molar-refractivity contribution >= 4 is 10.8 Å². The summed E-state index contributed by atoms with van der Waals surface area (Å²) in [7, 11) is 1.77. The maximum atomic E-state index is 5.78. The standard InChI is InChI=1S/C20H24O3/c1-21-20(10-13-22-14-11-20)9-4-12-23-16-17-7-8-18-5-2-3-6-19(18)15-17/h2-9,15H,10-14,16H2,1H3/b9-4+. The third kappa shape index (κ3) is 4.20. The summed E-state index contributed by atoms with van der Waals surface area (Å²) in [6, 6.07) is 14.8. The normalized spacial score (nSPS) is 17.8. The maximum Gasteiger partial charge on any atom is 0.0903 e. The summed E-state index contributed by atoms with van der Waals surface area (Å²) in [4.78, 5) is 0. The molecular weight excluding hydrogens is 288 g/mol. The average molecular weight is 312 g/mol. The highest BCUT2D eigenvalue weighted by Gasteiger charge is 2.29. The van der Waals surface area contributed by atoms with Gasteiger partial charge in [0.15, 0.2) is 0 Å². The van der Waals surface area contributed by atoms with E-state index in [0.717, 1.165) is 26.1 Å². The van der Waals surface area contributed by atoms with Gasteiger partial charge in [0, 0.05) is 33.2 Å². The molecule has 0 bridgehead atoms. The molecular formula is C20H24O3. The number of benzene rings is 2. The lowest BCUT2D eigenvalue weighted by atomic mass is 9.93. The summed E-state index contributed by atoms with van der Waals surface area (Å²) in [5.74, 6) is 0. The molecule has 0 atom stereocenters. The summed E-state index contributed by atoms with van der Waals surface area (Å²) in [5.41, 5.74) is 1.02. The van der Waals surface area contributed by atoms with Crippen LogP contribution in [0.15, 0.2) is 54.6 Å². The molecule has 122 valence electrons. The Balaban J connectivity index is 1.51. The van der Waals surface area contributed by atoms with Gasteiger partial charge in [-0.2, -0.15) is 0 Å². The van der Waals surface area contributed by atoms with Crippen molar-refractivity contribution < 1.29 is 14.2 Å². The average Bonchev–Trinajstić information content (AvgIpc) is 2.62. The van der Waals surface area contributed by atoms with Crippen LogP contribution >= 0.6 is 0 Å². The molecule has 2 aromatic carbocycles. The van der Waals surface area contributed by atoms with Crippen molar-refractivity contribution in [3.05, 3.63) is 60.2 Å². The van der Waals surface area contributed by atoms with Crippen LogP contribution in [0.1, 0.15) is 18.4 Å². The monoisotopic (exact) mass is 312 g/mol. The van der Waals surface area contributed by atoms with E-state index in [4.69, 9.17) is 14.2 Å². The lowest BCUT2D eigenvalue weighted by Crippen LogP contribution is -2.36. The van der Waals surface area contributed by atoms with Crippen LogP contribution in [0, 0.1) is 0 Å². The molecule has 0 N–H and O–H groups in total. The molecule has 0 spiro atoms. The molecule has 1 heterocycles. The van der Waals surface area contributed by atoms with Crippen LogP contribution in [0.2, 0.25) is 0 Å². The van der Waals surface area contributed by atoms with Crippen LogP contribution in [0.3, 0.4) is 0 Å². The Labute approximate surface area is 137 Å². The number of hydrogen-bond acceptors (Lipinski definition) is 3. The number of hydrogen-bond donors (Lipinski definition) is 0. The first kappa shape index (κ1) is 16.2. The van der Waals surface area contributed by atoms with E-state index in [1.54, 1.807) is 7.11 Å². The third-order valence-corrected chi connectivity index (χ3v) is 4.46. The lowest BCUT2D eigenvalue weighted by Gasteiger charge is -2.33. The van der Waals surface area contributed by atoms with Gasteiger partial charge in [0.2, 0.25) is 0 Å². The molecule has 0 amide bonds. The summed E-state index contributed by atoms with van der Waals surface area (Å²) in [6.07, 6.45) is 6.02. The lowest BCUT2D eigenvalue weighted by molar-refractivity contribution is -0.0589. The molecule has 1 fully saturated rings. The number of fused-ring (bicyclic) bond motifs is 1. The summed E-state index contributed by atoms with van der Waals surface area (Å²) in [6.45, 7) is 2.74. The second kappa shape index (κ2) is 7.73. The minimum Gasteiger partial charge on any atom is -0.381 e. The fraction of sp³-hybridized carbons (Fsp3) is 0.400. The van der Waals surface area contributed by atoms with E-state index < -0.39 is 0 Å². The van der Waals surface area contributed by atoms with E-state index in [1.165, 1.54) is 16.3 Å². The quantitative estimate of drug-likeness (QED) is 0.593. The van der Waals surface area contributed by atoms with Crippen molar-refractivity contribution in [1.82, 2.24) is 0 Å². The molecule has 2 aromatic rings. The molecule has 1 saturated heterocycles. The fourth-order valence-corrected chi connectivity index (χ4v) is 2.99. The minimum absolute atomic E-state index is 0.176. The number of methoxy groups -OCH3 is 1. The minimum atomic E-state index is -0.176. The van der Waals surface area contributed by atoms with Crippen LogP contribution < -0.4 is 0 Å². The van der Waals surface area contributed by atoms with Gasteiger partial charge in [-0.25, -0.2) is 0 Å². The predicted octanol–water partition coefficient (Wildman–Crippen LogP) is 4.11. The van der Waals surface area contributed by atoms with Crippen molar-refractivity contribution in [1.29, 1.82) is 0 Å². The fourth-order valence-electron chi connectivity index (χ4n) is 2.99. The van der Waals surface area contributed by atoms with Crippen molar-refractivity contribution in [3.63, 3.8) is 0 Å². The Morgan fingerprint density at radius 3 is 2.65 bits per heavy atom. The second-order valence-corrected chi connectivity index (χ2v) is 5.98. The SMILES string of the molecule is COC1(/C=C/COCc2ccc3ccccc3c2)CCOCC1. The summed E-state index contributed by atoms with van der Waals surface area (Å²) >= 11 is 0. The third-order valence-electron chi connectivity index (χ3n) is 4.46. The largest absolute Gasteiger partial charge is 0.381 e. The van der Waals surface area contributed by atoms with E-state index in [1.807, 2.05) is 0 Å². The van der Waals surface area contributed by atoms with Gasteiger partial charge in [0.1, 0.15) is 0 Å². The van der Waals surface area contributed by atoms with Crippen molar-refractivity contribution in [2.24, 2.45) is 0 Å². The van der Waals surface area contributed by atoms with Crippen LogP contribution in [0.25, 0.3) is 10.8 Å². The first-order chi connectivity index (χ1) is 11.3. The van der Waals surface area contributed by atoms with Crippen LogP contribution in [-0.4, -0.2) is 32.5 Å². The topological polar surface area (TPSA) is 27.7 Å². The summed E-state index contributed by atoms with van der Waals surface area (Å²) < 4.78 is 16.8. The highest BCUT2D eigenvalue weighted by Crippen LogP contribution is 2.25. The van der Waals surface area contributed by atoms with Gasteiger partial charge in [0.25, 0.3) is 0 Å². The van der Waals surface area contributed by atoms with Crippen molar-refractivity contribution in [2.45, 2.75) is 25.0 Å². The van der Waals surface area contributed by atoms with E-state index in [0.29, 0.717) is 13.2 Å². The second-order valence-electron chi connectivity index (χ2n) is 5.98. The van der Waals surface area contributed by atoms with Crippen molar-refractivity contribution in [3.8, 4) is 0 Å². The highest BCUT2D eigenvalue weighted by molar-refractivity contribution is 5.82. The molecule has 0 aliphatic carbocycles. The maximum absolute atomic E-state index is 5.78. The Morgan fingerprint density at radius 1 is 1.09 bits per heavy atom. The Bertz CT molecular complexity index is 657. The van der Waals surface area contributed by atoms with Crippen LogP contribution in [0.5, 0.6) is 0 Å². The molecule has 3 nitrogen and oxygen atoms in total. The molecule has 1 aliphatic rings. The smallest absolute Gasteiger partial charge is 0.0903 e. The molecule has 0 aromatic heterocycles.